The molecule has 11 heteroatoms. The molecule has 4 aromatic rings. The van der Waals surface area contributed by atoms with Crippen molar-refractivity contribution in [3.8, 4) is 0 Å². The highest BCUT2D eigenvalue weighted by molar-refractivity contribution is 6.27. The van der Waals surface area contributed by atoms with Crippen LogP contribution in [0.5, 0.6) is 0 Å². The Labute approximate surface area is 280 Å². The van der Waals surface area contributed by atoms with E-state index in [1.807, 2.05) is 42.5 Å². The van der Waals surface area contributed by atoms with Crippen LogP contribution in [-0.2, 0) is 14.2 Å². The summed E-state index contributed by atoms with van der Waals surface area (Å²) in [5.41, 5.74) is 4.17. The van der Waals surface area contributed by atoms with E-state index < -0.39 is 0 Å². The molecule has 11 nitrogen and oxygen atoms in total. The number of rotatable bonds is 14. The van der Waals surface area contributed by atoms with Crippen molar-refractivity contribution >= 4 is 56.5 Å². The van der Waals surface area contributed by atoms with Gasteiger partial charge in [0.2, 0.25) is 0 Å². The second kappa shape index (κ2) is 15.8. The maximum absolute atomic E-state index is 12.8. The van der Waals surface area contributed by atoms with E-state index in [0.717, 1.165) is 58.9 Å². The Bertz CT molecular complexity index is 1800. The molecule has 2 aliphatic heterocycles. The van der Waals surface area contributed by atoms with Gasteiger partial charge in [-0.05, 0) is 55.7 Å². The first-order valence-electron chi connectivity index (χ1n) is 16.1. The Morgan fingerprint density at radius 3 is 1.44 bits per heavy atom. The lowest BCUT2D eigenvalue weighted by Gasteiger charge is -2.27. The van der Waals surface area contributed by atoms with Gasteiger partial charge in [-0.2, -0.15) is 0 Å². The van der Waals surface area contributed by atoms with Crippen LogP contribution in [0, 0.1) is 0 Å². The summed E-state index contributed by atoms with van der Waals surface area (Å²) < 4.78 is 15.1. The molecule has 0 saturated carbocycles. The molecule has 0 aromatic heterocycles. The third-order valence-corrected chi connectivity index (χ3v) is 8.51. The highest BCUT2D eigenvalue weighted by atomic mass is 16.5. The number of benzene rings is 4. The molecule has 0 spiro atoms. The molecular weight excluding hydrogens is 612 g/mol. The Morgan fingerprint density at radius 1 is 0.542 bits per heavy atom. The van der Waals surface area contributed by atoms with E-state index in [1.165, 1.54) is 16.8 Å². The van der Waals surface area contributed by atoms with Crippen LogP contribution in [0.15, 0.2) is 60.7 Å². The van der Waals surface area contributed by atoms with E-state index in [9.17, 15) is 19.2 Å². The number of nitrogens with one attached hydrogen (secondary N) is 2. The molecule has 0 fully saturated rings. The minimum Gasteiger partial charge on any atom is -0.385 e. The van der Waals surface area contributed by atoms with Gasteiger partial charge < -0.3 is 24.8 Å². The van der Waals surface area contributed by atoms with Crippen LogP contribution in [0.4, 0.5) is 11.4 Å². The van der Waals surface area contributed by atoms with Gasteiger partial charge in [-0.15, -0.1) is 0 Å². The van der Waals surface area contributed by atoms with Crippen molar-refractivity contribution in [1.29, 1.82) is 0 Å². The highest BCUT2D eigenvalue weighted by Crippen LogP contribution is 2.35. The summed E-state index contributed by atoms with van der Waals surface area (Å²) in [5.74, 6) is -0.972. The minimum atomic E-state index is -0.250. The predicted molar refractivity (Wildman–Crippen MR) is 186 cm³/mol. The number of anilines is 2. The first-order valence-corrected chi connectivity index (χ1v) is 16.1. The number of hydrogen-bond donors (Lipinski definition) is 2. The molecule has 252 valence electrons. The first-order chi connectivity index (χ1) is 23.3. The van der Waals surface area contributed by atoms with Crippen LogP contribution in [-0.4, -0.2) is 101 Å². The molecule has 0 atom stereocenters. The SMILES string of the molecule is COCCCNc1ccc2c3c(cccc13)C(=O)N(C)C2=O.COCCCNc1ccc2c3c(cccc13)C(=O)N(CCCOC)C2=O. The Balaban J connectivity index is 0.000000190. The number of carbonyl (C=O) groups is 4. The summed E-state index contributed by atoms with van der Waals surface area (Å²) in [6, 6.07) is 18.6. The van der Waals surface area contributed by atoms with Crippen molar-refractivity contribution in [2.24, 2.45) is 0 Å². The zero-order valence-electron chi connectivity index (χ0n) is 27.9. The number of ether oxygens (including phenoxy) is 3. The van der Waals surface area contributed by atoms with Crippen molar-refractivity contribution in [3.63, 3.8) is 0 Å². The number of carbonyl (C=O) groups excluding carboxylic acids is 4. The lowest BCUT2D eigenvalue weighted by molar-refractivity contribution is 0.0591. The average molecular weight is 655 g/mol. The van der Waals surface area contributed by atoms with Crippen LogP contribution in [0.2, 0.25) is 0 Å². The summed E-state index contributed by atoms with van der Waals surface area (Å²) in [6.45, 7) is 3.78. The van der Waals surface area contributed by atoms with Gasteiger partial charge in [0, 0.05) is 123 Å². The summed E-state index contributed by atoms with van der Waals surface area (Å²) in [4.78, 5) is 52.8. The maximum atomic E-state index is 12.8. The fraction of sp³-hybridized carbons (Fsp3) is 0.351. The molecule has 0 aliphatic carbocycles. The fourth-order valence-corrected chi connectivity index (χ4v) is 6.12. The molecule has 2 aliphatic rings. The van der Waals surface area contributed by atoms with E-state index in [2.05, 4.69) is 10.6 Å². The molecule has 0 radical (unpaired) electrons. The summed E-state index contributed by atoms with van der Waals surface area (Å²) in [7, 11) is 6.48. The number of amides is 4. The van der Waals surface area contributed by atoms with Crippen molar-refractivity contribution in [2.75, 3.05) is 78.5 Å². The second-order valence-corrected chi connectivity index (χ2v) is 11.6. The second-order valence-electron chi connectivity index (χ2n) is 11.6. The molecule has 0 saturated heterocycles. The van der Waals surface area contributed by atoms with Crippen LogP contribution in [0.25, 0.3) is 21.5 Å². The predicted octanol–water partition coefficient (Wildman–Crippen LogP) is 5.43. The molecule has 2 N–H and O–H groups in total. The van der Waals surface area contributed by atoms with Crippen molar-refractivity contribution in [2.45, 2.75) is 19.3 Å². The fourth-order valence-electron chi connectivity index (χ4n) is 6.12. The maximum Gasteiger partial charge on any atom is 0.261 e. The molecule has 4 amide bonds. The summed E-state index contributed by atoms with van der Waals surface area (Å²) >= 11 is 0. The van der Waals surface area contributed by atoms with Crippen molar-refractivity contribution in [1.82, 2.24) is 9.80 Å². The van der Waals surface area contributed by atoms with Gasteiger partial charge in [0.25, 0.3) is 23.6 Å². The minimum absolute atomic E-state index is 0.235. The molecular formula is C37H42N4O7. The third-order valence-electron chi connectivity index (χ3n) is 8.51. The van der Waals surface area contributed by atoms with E-state index >= 15 is 0 Å². The molecule has 4 aromatic carbocycles. The lowest BCUT2D eigenvalue weighted by atomic mass is 9.93. The van der Waals surface area contributed by atoms with Crippen LogP contribution in [0.3, 0.4) is 0 Å². The van der Waals surface area contributed by atoms with Gasteiger partial charge in [0.15, 0.2) is 0 Å². The number of hydrogen-bond acceptors (Lipinski definition) is 9. The Hall–Kier alpha value is -4.84. The van der Waals surface area contributed by atoms with Gasteiger partial charge in [0.05, 0.1) is 0 Å². The summed E-state index contributed by atoms with van der Waals surface area (Å²) in [6.07, 6.45) is 2.39. The molecule has 0 bridgehead atoms. The van der Waals surface area contributed by atoms with Gasteiger partial charge in [-0.25, -0.2) is 0 Å². The van der Waals surface area contributed by atoms with Gasteiger partial charge in [0.1, 0.15) is 0 Å². The first kappa shape index (κ1) is 34.5. The zero-order valence-corrected chi connectivity index (χ0v) is 27.9. The van der Waals surface area contributed by atoms with Crippen LogP contribution >= 0.6 is 0 Å². The molecule has 2 heterocycles. The normalized spacial score (nSPS) is 13.7. The zero-order chi connectivity index (χ0) is 34.2. The van der Waals surface area contributed by atoms with E-state index in [1.54, 1.807) is 39.5 Å². The quantitative estimate of drug-likeness (QED) is 0.135. The lowest BCUT2D eigenvalue weighted by Crippen LogP contribution is -2.41. The standard InChI is InChI=1S/C20H24N2O4.C17H18N2O3/c1-25-12-4-10-21-17-9-8-16-18-14(17)6-3-7-15(18)19(23)22(20(16)24)11-5-13-26-2;1-19-16(20)12-6-3-5-11-14(18-9-4-10-22-2)8-7-13(15(11)12)17(19)21/h3,6-9,21H,4-5,10-13H2,1-2H3;3,5-8,18H,4,9-10H2,1-2H3. The number of imide groups is 2. The van der Waals surface area contributed by atoms with Gasteiger partial charge in [-0.1, -0.05) is 24.3 Å². The smallest absolute Gasteiger partial charge is 0.261 e. The molecule has 0 unspecified atom stereocenters. The van der Waals surface area contributed by atoms with Crippen LogP contribution in [0.1, 0.15) is 60.7 Å². The Kier molecular flexibility index (Phi) is 11.4. The van der Waals surface area contributed by atoms with E-state index in [0.29, 0.717) is 55.0 Å². The van der Waals surface area contributed by atoms with Crippen molar-refractivity contribution in [3.05, 3.63) is 82.9 Å². The van der Waals surface area contributed by atoms with E-state index in [4.69, 9.17) is 14.2 Å². The topological polar surface area (TPSA) is 127 Å². The van der Waals surface area contributed by atoms with Crippen molar-refractivity contribution < 1.29 is 33.4 Å². The largest absolute Gasteiger partial charge is 0.385 e. The van der Waals surface area contributed by atoms with Crippen LogP contribution < -0.4 is 10.6 Å². The molecule has 48 heavy (non-hydrogen) atoms. The average Bonchev–Trinajstić information content (AvgIpc) is 3.11. The van der Waals surface area contributed by atoms with Gasteiger partial charge in [-0.3, -0.25) is 29.0 Å². The number of nitrogens with zero attached hydrogens (tertiary/aromatic N) is 2. The monoisotopic (exact) mass is 654 g/mol. The number of methoxy groups -OCH3 is 3. The Morgan fingerprint density at radius 2 is 0.958 bits per heavy atom. The third kappa shape index (κ3) is 6.89. The molecule has 6 rings (SSSR count). The highest BCUT2D eigenvalue weighted by Gasteiger charge is 2.33. The van der Waals surface area contributed by atoms with Gasteiger partial charge >= 0.3 is 0 Å². The summed E-state index contributed by atoms with van der Waals surface area (Å²) in [5, 5.41) is 10.0. The van der Waals surface area contributed by atoms with E-state index in [-0.39, 0.29) is 23.6 Å².